The molecule has 1 fully saturated rings. The summed E-state index contributed by atoms with van der Waals surface area (Å²) in [6, 6.07) is 16.0. The second-order valence-electron chi connectivity index (χ2n) is 9.13. The van der Waals surface area contributed by atoms with Gasteiger partial charge in [0.25, 0.3) is 11.8 Å². The highest BCUT2D eigenvalue weighted by Crippen LogP contribution is 2.25. The third-order valence-corrected chi connectivity index (χ3v) is 6.79. The fourth-order valence-corrected chi connectivity index (χ4v) is 4.81. The van der Waals surface area contributed by atoms with Gasteiger partial charge in [-0.15, -0.1) is 0 Å². The second kappa shape index (κ2) is 12.2. The molecule has 9 heteroatoms. The molecule has 3 aromatic rings. The molecule has 1 aromatic heterocycles. The van der Waals surface area contributed by atoms with Crippen LogP contribution in [0.2, 0.25) is 5.02 Å². The summed E-state index contributed by atoms with van der Waals surface area (Å²) < 4.78 is 5.31. The molecule has 0 bridgehead atoms. The highest BCUT2D eigenvalue weighted by atomic mass is 35.5. The zero-order valence-electron chi connectivity index (χ0n) is 21.8. The molecule has 1 unspecified atom stereocenters. The topological polar surface area (TPSA) is 92.7 Å². The number of carbonyl (C=O) groups is 3. The molecule has 0 aliphatic carbocycles. The minimum absolute atomic E-state index is 0.0267. The first kappa shape index (κ1) is 27.3. The van der Waals surface area contributed by atoms with Gasteiger partial charge >= 0.3 is 5.97 Å². The second-order valence-corrected chi connectivity index (χ2v) is 9.54. The van der Waals surface area contributed by atoms with Gasteiger partial charge in [0.1, 0.15) is 11.3 Å². The Balaban J connectivity index is 1.68. The van der Waals surface area contributed by atoms with E-state index in [2.05, 4.69) is 9.97 Å². The maximum Gasteiger partial charge on any atom is 0.342 e. The number of nitrogens with zero attached hydrogens (tertiary/aromatic N) is 4. The number of rotatable bonds is 7. The summed E-state index contributed by atoms with van der Waals surface area (Å²) >= 11 is 6.25. The van der Waals surface area contributed by atoms with E-state index in [0.717, 1.165) is 12.0 Å². The van der Waals surface area contributed by atoms with Crippen molar-refractivity contribution in [2.24, 2.45) is 0 Å². The summed E-state index contributed by atoms with van der Waals surface area (Å²) in [5.74, 6) is -0.798. The van der Waals surface area contributed by atoms with E-state index in [1.54, 1.807) is 41.0 Å². The Morgan fingerprint density at radius 3 is 2.34 bits per heavy atom. The average Bonchev–Trinajstić information content (AvgIpc) is 2.93. The first-order valence-corrected chi connectivity index (χ1v) is 13.2. The van der Waals surface area contributed by atoms with Crippen molar-refractivity contribution < 1.29 is 19.1 Å². The summed E-state index contributed by atoms with van der Waals surface area (Å²) in [6.07, 6.45) is 1.22. The number of ether oxygens (including phenoxy) is 1. The molecule has 2 amide bonds. The predicted octanol–water partition coefficient (Wildman–Crippen LogP) is 4.91. The van der Waals surface area contributed by atoms with Gasteiger partial charge in [-0.25, -0.2) is 14.8 Å². The Labute approximate surface area is 227 Å². The number of aromatic nitrogens is 2. The molecule has 2 aromatic carbocycles. The van der Waals surface area contributed by atoms with Crippen LogP contribution >= 0.6 is 11.6 Å². The summed E-state index contributed by atoms with van der Waals surface area (Å²) in [5.41, 5.74) is 1.80. The molecule has 4 rings (SSSR count). The lowest BCUT2D eigenvalue weighted by Crippen LogP contribution is -2.55. The Bertz CT molecular complexity index is 1330. The maximum atomic E-state index is 13.9. The van der Waals surface area contributed by atoms with Crippen LogP contribution in [0.1, 0.15) is 64.1 Å². The maximum absolute atomic E-state index is 13.9. The molecular formula is C29H31ClN4O4. The van der Waals surface area contributed by atoms with Crippen LogP contribution in [0.4, 0.5) is 0 Å². The van der Waals surface area contributed by atoms with Crippen LogP contribution in [-0.2, 0) is 11.2 Å². The Kier molecular flexibility index (Phi) is 8.73. The van der Waals surface area contributed by atoms with Gasteiger partial charge < -0.3 is 14.5 Å². The molecule has 0 saturated carbocycles. The van der Waals surface area contributed by atoms with Crippen molar-refractivity contribution in [2.45, 2.75) is 39.7 Å². The standard InChI is InChI=1S/C29H31ClN4O4/c1-4-11-23-24(29(37)38-5-2)25(32-26(31-23)20-12-7-6-8-13-20)28(36)33-16-17-34(19(3)18-33)27(35)21-14-9-10-15-22(21)30/h6-10,12-15,19H,4-5,11,16-18H2,1-3H3. The lowest BCUT2D eigenvalue weighted by atomic mass is 10.0. The van der Waals surface area contributed by atoms with E-state index in [1.807, 2.05) is 44.2 Å². The summed E-state index contributed by atoms with van der Waals surface area (Å²) in [7, 11) is 0. The van der Waals surface area contributed by atoms with Gasteiger partial charge in [-0.1, -0.05) is 67.4 Å². The van der Waals surface area contributed by atoms with Gasteiger partial charge in [-0.2, -0.15) is 0 Å². The summed E-state index contributed by atoms with van der Waals surface area (Å²) in [4.78, 5) is 52.8. The quantitative estimate of drug-likeness (QED) is 0.400. The van der Waals surface area contributed by atoms with Gasteiger partial charge in [0, 0.05) is 31.2 Å². The van der Waals surface area contributed by atoms with E-state index in [9.17, 15) is 14.4 Å². The average molecular weight is 535 g/mol. The SMILES string of the molecule is CCCc1nc(-c2ccccc2)nc(C(=O)N2CCN(C(=O)c3ccccc3Cl)C(C)C2)c1C(=O)OCC. The van der Waals surface area contributed by atoms with Crippen molar-refractivity contribution in [1.29, 1.82) is 0 Å². The van der Waals surface area contributed by atoms with E-state index in [-0.39, 0.29) is 48.8 Å². The van der Waals surface area contributed by atoms with Crippen LogP contribution in [0, 0.1) is 0 Å². The molecule has 1 saturated heterocycles. The van der Waals surface area contributed by atoms with Crippen molar-refractivity contribution in [3.8, 4) is 11.4 Å². The highest BCUT2D eigenvalue weighted by molar-refractivity contribution is 6.33. The van der Waals surface area contributed by atoms with E-state index in [4.69, 9.17) is 16.3 Å². The van der Waals surface area contributed by atoms with Gasteiger partial charge in [-0.05, 0) is 32.4 Å². The number of piperazine rings is 1. The molecule has 8 nitrogen and oxygen atoms in total. The molecule has 2 heterocycles. The third kappa shape index (κ3) is 5.70. The van der Waals surface area contributed by atoms with E-state index >= 15 is 0 Å². The summed E-state index contributed by atoms with van der Waals surface area (Å²) in [6.45, 7) is 6.65. The minimum atomic E-state index is -0.612. The lowest BCUT2D eigenvalue weighted by Gasteiger charge is -2.40. The van der Waals surface area contributed by atoms with Crippen LogP contribution in [0.15, 0.2) is 54.6 Å². The van der Waals surface area contributed by atoms with Gasteiger partial charge in [-0.3, -0.25) is 9.59 Å². The van der Waals surface area contributed by atoms with Gasteiger partial charge in [0.05, 0.1) is 22.9 Å². The number of carbonyl (C=O) groups excluding carboxylic acids is 3. The number of hydrogen-bond acceptors (Lipinski definition) is 6. The van der Waals surface area contributed by atoms with E-state index < -0.39 is 5.97 Å². The molecular weight excluding hydrogens is 504 g/mol. The molecule has 1 atom stereocenters. The van der Waals surface area contributed by atoms with Crippen molar-refractivity contribution in [3.63, 3.8) is 0 Å². The fraction of sp³-hybridized carbons (Fsp3) is 0.345. The number of benzene rings is 2. The van der Waals surface area contributed by atoms with Crippen LogP contribution in [0.3, 0.4) is 0 Å². The number of halogens is 1. The van der Waals surface area contributed by atoms with Crippen molar-refractivity contribution >= 4 is 29.4 Å². The Hall–Kier alpha value is -3.78. The zero-order chi connectivity index (χ0) is 27.2. The third-order valence-electron chi connectivity index (χ3n) is 6.46. The monoisotopic (exact) mass is 534 g/mol. The largest absolute Gasteiger partial charge is 0.462 e. The molecule has 1 aliphatic heterocycles. The van der Waals surface area contributed by atoms with Crippen molar-refractivity contribution in [2.75, 3.05) is 26.2 Å². The number of esters is 1. The lowest BCUT2D eigenvalue weighted by molar-refractivity contribution is 0.0406. The van der Waals surface area contributed by atoms with Crippen LogP contribution < -0.4 is 0 Å². The predicted molar refractivity (Wildman–Crippen MR) is 145 cm³/mol. The van der Waals surface area contributed by atoms with Crippen LogP contribution in [-0.4, -0.2) is 69.8 Å². The Morgan fingerprint density at radius 2 is 1.68 bits per heavy atom. The number of amides is 2. The molecule has 198 valence electrons. The molecule has 0 radical (unpaired) electrons. The first-order valence-electron chi connectivity index (χ1n) is 12.8. The van der Waals surface area contributed by atoms with Gasteiger partial charge in [0.2, 0.25) is 0 Å². The number of hydrogen-bond donors (Lipinski definition) is 0. The van der Waals surface area contributed by atoms with Crippen LogP contribution in [0.5, 0.6) is 0 Å². The Morgan fingerprint density at radius 1 is 0.974 bits per heavy atom. The fourth-order valence-electron chi connectivity index (χ4n) is 4.60. The highest BCUT2D eigenvalue weighted by Gasteiger charge is 2.35. The first-order chi connectivity index (χ1) is 18.3. The summed E-state index contributed by atoms with van der Waals surface area (Å²) in [5, 5.41) is 0.389. The van der Waals surface area contributed by atoms with Gasteiger partial charge in [0.15, 0.2) is 5.82 Å². The van der Waals surface area contributed by atoms with Crippen LogP contribution in [0.25, 0.3) is 11.4 Å². The molecule has 38 heavy (non-hydrogen) atoms. The van der Waals surface area contributed by atoms with Crippen molar-refractivity contribution in [3.05, 3.63) is 82.1 Å². The molecule has 0 spiro atoms. The normalized spacial score (nSPS) is 15.3. The zero-order valence-corrected chi connectivity index (χ0v) is 22.6. The molecule has 1 aliphatic rings. The van der Waals surface area contributed by atoms with E-state index in [1.165, 1.54) is 0 Å². The molecule has 0 N–H and O–H groups in total. The smallest absolute Gasteiger partial charge is 0.342 e. The minimum Gasteiger partial charge on any atom is -0.462 e. The van der Waals surface area contributed by atoms with Crippen molar-refractivity contribution in [1.82, 2.24) is 19.8 Å². The number of aryl methyl sites for hydroxylation is 1. The van der Waals surface area contributed by atoms with E-state index in [0.29, 0.717) is 35.1 Å².